The van der Waals surface area contributed by atoms with Crippen molar-refractivity contribution in [2.24, 2.45) is 0 Å². The van der Waals surface area contributed by atoms with Crippen molar-refractivity contribution in [2.45, 2.75) is 25.9 Å². The summed E-state index contributed by atoms with van der Waals surface area (Å²) in [4.78, 5) is 27.1. The van der Waals surface area contributed by atoms with Gasteiger partial charge in [-0.1, -0.05) is 16.7 Å². The first-order chi connectivity index (χ1) is 14.5. The van der Waals surface area contributed by atoms with E-state index in [1.165, 1.54) is 25.1 Å². The Morgan fingerprint density at radius 3 is 2.67 bits per heavy atom. The van der Waals surface area contributed by atoms with Gasteiger partial charge in [-0.3, -0.25) is 0 Å². The van der Waals surface area contributed by atoms with Gasteiger partial charge in [0.2, 0.25) is 11.8 Å². The number of halogens is 2. The van der Waals surface area contributed by atoms with Crippen molar-refractivity contribution in [3.63, 3.8) is 0 Å². The van der Waals surface area contributed by atoms with Crippen LogP contribution in [-0.4, -0.2) is 55.5 Å². The van der Waals surface area contributed by atoms with Gasteiger partial charge in [-0.15, -0.1) is 5.10 Å². The Kier molecular flexibility index (Phi) is 5.70. The maximum atomic E-state index is 13.4. The molecule has 12 heteroatoms. The van der Waals surface area contributed by atoms with E-state index in [4.69, 9.17) is 21.2 Å². The van der Waals surface area contributed by atoms with Gasteiger partial charge in [-0.2, -0.15) is 0 Å². The summed E-state index contributed by atoms with van der Waals surface area (Å²) in [5.41, 5.74) is 0.538. The molecule has 0 radical (unpaired) electrons. The maximum absolute atomic E-state index is 13.4. The summed E-state index contributed by atoms with van der Waals surface area (Å²) in [5.74, 6) is 0.209. The number of carbonyl (C=O) groups excluding carboxylic acids is 1. The van der Waals surface area contributed by atoms with E-state index in [1.807, 2.05) is 4.90 Å². The molecule has 1 aliphatic rings. The Hall–Kier alpha value is -3.34. The minimum atomic E-state index is -0.558. The van der Waals surface area contributed by atoms with Gasteiger partial charge in [0.1, 0.15) is 17.7 Å². The lowest BCUT2D eigenvalue weighted by Crippen LogP contribution is -2.39. The van der Waals surface area contributed by atoms with E-state index in [2.05, 4.69) is 25.4 Å². The van der Waals surface area contributed by atoms with Crippen molar-refractivity contribution in [3.8, 4) is 17.1 Å². The van der Waals surface area contributed by atoms with Crippen LogP contribution in [-0.2, 0) is 4.79 Å². The number of hydrogen-bond acceptors (Lipinski definition) is 9. The average molecular weight is 434 g/mol. The van der Waals surface area contributed by atoms with Gasteiger partial charge < -0.3 is 14.5 Å². The number of piperidine rings is 1. The van der Waals surface area contributed by atoms with Gasteiger partial charge in [0.15, 0.2) is 0 Å². The molecule has 1 aliphatic heterocycles. The quantitative estimate of drug-likeness (QED) is 0.557. The fraction of sp³-hybridized carbons (Fsp3) is 0.333. The van der Waals surface area contributed by atoms with E-state index >= 15 is 0 Å². The number of benzene rings is 1. The Morgan fingerprint density at radius 1 is 1.23 bits per heavy atom. The van der Waals surface area contributed by atoms with Crippen LogP contribution < -0.4 is 14.5 Å². The minimum Gasteiger partial charge on any atom is -0.489 e. The molecule has 0 spiro atoms. The minimum absolute atomic E-state index is 0.0691. The predicted octanol–water partition coefficient (Wildman–Crippen LogP) is 1.95. The van der Waals surface area contributed by atoms with E-state index in [0.29, 0.717) is 35.4 Å². The van der Waals surface area contributed by atoms with Crippen LogP contribution in [0.2, 0.25) is 5.02 Å². The molecule has 0 amide bonds. The van der Waals surface area contributed by atoms with E-state index in [-0.39, 0.29) is 17.7 Å². The maximum Gasteiger partial charge on any atom is 0.333 e. The van der Waals surface area contributed by atoms with Gasteiger partial charge in [0.05, 0.1) is 10.6 Å². The van der Waals surface area contributed by atoms with Crippen LogP contribution in [0.15, 0.2) is 30.6 Å². The fourth-order valence-corrected chi connectivity index (χ4v) is 3.15. The van der Waals surface area contributed by atoms with Crippen molar-refractivity contribution in [2.75, 3.05) is 18.0 Å². The van der Waals surface area contributed by atoms with Crippen LogP contribution in [0, 0.1) is 5.82 Å². The van der Waals surface area contributed by atoms with E-state index < -0.39 is 5.97 Å². The van der Waals surface area contributed by atoms with Crippen LogP contribution in [0.4, 0.5) is 10.3 Å². The number of carbonyl (C=O) groups is 1. The summed E-state index contributed by atoms with van der Waals surface area (Å²) in [5, 5.41) is 11.7. The van der Waals surface area contributed by atoms with E-state index in [1.54, 1.807) is 12.4 Å². The molecule has 30 heavy (non-hydrogen) atoms. The Morgan fingerprint density at radius 2 is 1.97 bits per heavy atom. The lowest BCUT2D eigenvalue weighted by molar-refractivity contribution is -0.145. The van der Waals surface area contributed by atoms with Gasteiger partial charge in [-0.25, -0.2) is 19.2 Å². The second-order valence-electron chi connectivity index (χ2n) is 6.60. The highest BCUT2D eigenvalue weighted by Crippen LogP contribution is 2.28. The molecule has 1 fully saturated rings. The normalized spacial score (nSPS) is 14.6. The molecule has 0 aliphatic carbocycles. The summed E-state index contributed by atoms with van der Waals surface area (Å²) >= 11 is 6.07. The molecule has 3 aromatic rings. The van der Waals surface area contributed by atoms with Crippen molar-refractivity contribution < 1.29 is 18.8 Å². The number of ether oxygens (including phenoxy) is 1. The Bertz CT molecular complexity index is 1040. The number of aromatic nitrogens is 6. The molecule has 0 atom stereocenters. The summed E-state index contributed by atoms with van der Waals surface area (Å²) in [6.07, 6.45) is 4.52. The zero-order valence-electron chi connectivity index (χ0n) is 15.9. The molecule has 0 bridgehead atoms. The first-order valence-electron chi connectivity index (χ1n) is 9.16. The van der Waals surface area contributed by atoms with Gasteiger partial charge in [-0.05, 0) is 17.3 Å². The van der Waals surface area contributed by atoms with Crippen LogP contribution >= 0.6 is 11.6 Å². The van der Waals surface area contributed by atoms with Gasteiger partial charge in [0, 0.05) is 56.3 Å². The SMILES string of the molecule is CC(=O)On1nnc(-c2cnc(N3CCC(Oc4cc(F)ccc4Cl)CC3)nc2)n1. The predicted molar refractivity (Wildman–Crippen MR) is 103 cm³/mol. The van der Waals surface area contributed by atoms with E-state index in [9.17, 15) is 9.18 Å². The molecule has 0 saturated carbocycles. The average Bonchev–Trinajstić information content (AvgIpc) is 3.19. The standard InChI is InChI=1S/C18H17ClFN7O3/c1-11(28)30-27-24-17(23-25-27)12-9-21-18(22-10-12)26-6-4-14(5-7-26)29-16-8-13(20)2-3-15(16)19/h2-3,8-10,14H,4-7H2,1H3. The monoisotopic (exact) mass is 433 g/mol. The fourth-order valence-electron chi connectivity index (χ4n) is 2.99. The third-order valence-electron chi connectivity index (χ3n) is 4.41. The number of anilines is 1. The van der Waals surface area contributed by atoms with Crippen molar-refractivity contribution >= 4 is 23.5 Å². The van der Waals surface area contributed by atoms with Crippen LogP contribution in [0.1, 0.15) is 19.8 Å². The number of tetrazole rings is 1. The summed E-state index contributed by atoms with van der Waals surface area (Å²) < 4.78 is 19.3. The molecule has 10 nitrogen and oxygen atoms in total. The molecular formula is C18H17ClFN7O3. The highest BCUT2D eigenvalue weighted by Gasteiger charge is 2.23. The molecule has 4 rings (SSSR count). The molecule has 0 unspecified atom stereocenters. The molecule has 3 heterocycles. The second kappa shape index (κ2) is 8.57. The first kappa shape index (κ1) is 20.0. The Labute approximate surface area is 175 Å². The highest BCUT2D eigenvalue weighted by molar-refractivity contribution is 6.32. The van der Waals surface area contributed by atoms with Crippen LogP contribution in [0.25, 0.3) is 11.4 Å². The van der Waals surface area contributed by atoms with Crippen LogP contribution in [0.5, 0.6) is 5.75 Å². The zero-order chi connectivity index (χ0) is 21.1. The topological polar surface area (TPSA) is 108 Å². The van der Waals surface area contributed by atoms with Gasteiger partial charge in [0.25, 0.3) is 0 Å². The molecule has 1 saturated heterocycles. The van der Waals surface area contributed by atoms with Gasteiger partial charge >= 0.3 is 5.97 Å². The number of nitrogens with zero attached hydrogens (tertiary/aromatic N) is 7. The Balaban J connectivity index is 1.35. The summed E-state index contributed by atoms with van der Waals surface area (Å²) in [6.45, 7) is 2.59. The molecule has 1 aromatic carbocycles. The van der Waals surface area contributed by atoms with E-state index in [0.717, 1.165) is 17.8 Å². The molecule has 2 aromatic heterocycles. The number of rotatable bonds is 5. The highest BCUT2D eigenvalue weighted by atomic mass is 35.5. The lowest BCUT2D eigenvalue weighted by atomic mass is 10.1. The first-order valence-corrected chi connectivity index (χ1v) is 9.54. The largest absolute Gasteiger partial charge is 0.489 e. The smallest absolute Gasteiger partial charge is 0.333 e. The van der Waals surface area contributed by atoms with Crippen LogP contribution in [0.3, 0.4) is 0 Å². The van der Waals surface area contributed by atoms with Crippen molar-refractivity contribution in [1.29, 1.82) is 0 Å². The van der Waals surface area contributed by atoms with Crippen molar-refractivity contribution in [3.05, 3.63) is 41.4 Å². The molecule has 156 valence electrons. The molecular weight excluding hydrogens is 417 g/mol. The summed E-state index contributed by atoms with van der Waals surface area (Å²) in [6, 6.07) is 4.07. The molecule has 0 N–H and O–H groups in total. The zero-order valence-corrected chi connectivity index (χ0v) is 16.7. The second-order valence-corrected chi connectivity index (χ2v) is 7.01. The lowest BCUT2D eigenvalue weighted by Gasteiger charge is -2.32. The summed E-state index contributed by atoms with van der Waals surface area (Å²) in [7, 11) is 0. The third kappa shape index (κ3) is 4.62. The number of hydrogen-bond donors (Lipinski definition) is 0. The third-order valence-corrected chi connectivity index (χ3v) is 4.73. The van der Waals surface area contributed by atoms with Crippen molar-refractivity contribution in [1.82, 2.24) is 30.3 Å².